The molecular formula is C26H20ClN3O2S. The van der Waals surface area contributed by atoms with Gasteiger partial charge in [0, 0.05) is 32.6 Å². The molecule has 5 nitrogen and oxygen atoms in total. The third-order valence-electron chi connectivity index (χ3n) is 5.36. The van der Waals surface area contributed by atoms with Crippen molar-refractivity contribution in [2.75, 3.05) is 5.32 Å². The minimum absolute atomic E-state index is 0.143. The number of amides is 1. The zero-order valence-corrected chi connectivity index (χ0v) is 19.6. The fraction of sp³-hybridized carbons (Fsp3) is 0.115. The highest BCUT2D eigenvalue weighted by atomic mass is 35.5. The average molecular weight is 474 g/mol. The summed E-state index contributed by atoms with van der Waals surface area (Å²) in [5.41, 5.74) is 7.13. The van der Waals surface area contributed by atoms with Gasteiger partial charge in [0.05, 0.1) is 12.1 Å². The Hall–Kier alpha value is -3.48. The van der Waals surface area contributed by atoms with E-state index >= 15 is 0 Å². The Morgan fingerprint density at radius 1 is 1.03 bits per heavy atom. The van der Waals surface area contributed by atoms with Crippen LogP contribution in [0, 0.1) is 13.8 Å². The number of rotatable bonds is 5. The van der Waals surface area contributed by atoms with E-state index in [0.717, 1.165) is 49.6 Å². The molecule has 5 rings (SSSR count). The summed E-state index contributed by atoms with van der Waals surface area (Å²) in [6.45, 7) is 4.00. The first kappa shape index (κ1) is 21.4. The molecule has 0 radical (unpaired) electrons. The number of halogens is 1. The summed E-state index contributed by atoms with van der Waals surface area (Å²) in [7, 11) is 0. The molecule has 5 aromatic rings. The number of nitrogens with zero attached hydrogens (tertiary/aromatic N) is 2. The van der Waals surface area contributed by atoms with Crippen LogP contribution in [0.3, 0.4) is 0 Å². The Balaban J connectivity index is 1.28. The molecule has 0 unspecified atom stereocenters. The Kier molecular flexibility index (Phi) is 5.70. The van der Waals surface area contributed by atoms with E-state index in [1.807, 2.05) is 79.9 Å². The molecule has 3 aromatic carbocycles. The van der Waals surface area contributed by atoms with Crippen LogP contribution < -0.4 is 5.32 Å². The maximum atomic E-state index is 12.6. The second kappa shape index (κ2) is 8.81. The number of aromatic nitrogens is 2. The summed E-state index contributed by atoms with van der Waals surface area (Å²) in [6, 6.07) is 19.4. The fourth-order valence-electron chi connectivity index (χ4n) is 3.78. The predicted octanol–water partition coefficient (Wildman–Crippen LogP) is 7.07. The third kappa shape index (κ3) is 4.53. The van der Waals surface area contributed by atoms with Crippen molar-refractivity contribution in [3.63, 3.8) is 0 Å². The molecule has 0 fully saturated rings. The molecule has 0 saturated carbocycles. The lowest BCUT2D eigenvalue weighted by Gasteiger charge is -2.05. The van der Waals surface area contributed by atoms with Crippen LogP contribution in [0.2, 0.25) is 5.02 Å². The van der Waals surface area contributed by atoms with Gasteiger partial charge in [0.25, 0.3) is 0 Å². The summed E-state index contributed by atoms with van der Waals surface area (Å²) in [4.78, 5) is 17.4. The van der Waals surface area contributed by atoms with Gasteiger partial charge in [-0.05, 0) is 55.3 Å². The Bertz CT molecular complexity index is 1450. The molecule has 0 atom stereocenters. The molecule has 1 N–H and O–H groups in total. The van der Waals surface area contributed by atoms with Crippen molar-refractivity contribution in [2.45, 2.75) is 20.3 Å². The van der Waals surface area contributed by atoms with E-state index in [2.05, 4.69) is 10.5 Å². The van der Waals surface area contributed by atoms with Crippen molar-refractivity contribution in [1.29, 1.82) is 0 Å². The maximum absolute atomic E-state index is 12.6. The van der Waals surface area contributed by atoms with E-state index in [1.165, 1.54) is 0 Å². The van der Waals surface area contributed by atoms with Crippen LogP contribution in [-0.4, -0.2) is 16.0 Å². The number of fused-ring (bicyclic) bond motifs is 1. The first-order valence-corrected chi connectivity index (χ1v) is 11.7. The molecule has 2 aromatic heterocycles. The lowest BCUT2D eigenvalue weighted by molar-refractivity contribution is -0.115. The molecule has 0 saturated heterocycles. The minimum Gasteiger partial charge on any atom is -0.356 e. The third-order valence-corrected chi connectivity index (χ3v) is 6.51. The molecule has 2 heterocycles. The normalized spacial score (nSPS) is 11.1. The number of anilines is 1. The van der Waals surface area contributed by atoms with Gasteiger partial charge in [-0.2, -0.15) is 0 Å². The minimum atomic E-state index is -0.143. The monoisotopic (exact) mass is 473 g/mol. The number of hydrogen-bond donors (Lipinski definition) is 1. The highest BCUT2D eigenvalue weighted by molar-refractivity contribution is 7.13. The van der Waals surface area contributed by atoms with Crippen molar-refractivity contribution in [3.8, 4) is 21.8 Å². The SMILES string of the molecule is Cc1cc(C)c2onc(CC(=O)Nc3ccc(-c4csc(-c5ccc(Cl)cc5)n4)cc3)c2c1. The number of carbonyl (C=O) groups excluding carboxylic acids is 1. The van der Waals surface area contributed by atoms with E-state index in [-0.39, 0.29) is 12.3 Å². The van der Waals surface area contributed by atoms with Crippen molar-refractivity contribution in [1.82, 2.24) is 10.1 Å². The van der Waals surface area contributed by atoms with Crippen molar-refractivity contribution in [2.24, 2.45) is 0 Å². The van der Waals surface area contributed by atoms with Crippen LogP contribution in [0.4, 0.5) is 5.69 Å². The number of carbonyl (C=O) groups is 1. The van der Waals surface area contributed by atoms with Gasteiger partial charge >= 0.3 is 0 Å². The lowest BCUT2D eigenvalue weighted by Crippen LogP contribution is -2.14. The number of benzene rings is 3. The largest absolute Gasteiger partial charge is 0.356 e. The molecule has 0 spiro atoms. The predicted molar refractivity (Wildman–Crippen MR) is 134 cm³/mol. The van der Waals surface area contributed by atoms with Crippen LogP contribution in [-0.2, 0) is 11.2 Å². The van der Waals surface area contributed by atoms with E-state index in [4.69, 9.17) is 21.1 Å². The maximum Gasteiger partial charge on any atom is 0.230 e. The molecule has 0 aliphatic carbocycles. The van der Waals surface area contributed by atoms with E-state index in [9.17, 15) is 4.79 Å². The summed E-state index contributed by atoms with van der Waals surface area (Å²) >= 11 is 7.56. The molecule has 0 aliphatic heterocycles. The molecule has 1 amide bonds. The summed E-state index contributed by atoms with van der Waals surface area (Å²) in [6.07, 6.45) is 0.147. The van der Waals surface area contributed by atoms with Crippen molar-refractivity contribution < 1.29 is 9.32 Å². The first-order valence-electron chi connectivity index (χ1n) is 10.4. The molecular weight excluding hydrogens is 454 g/mol. The highest BCUT2D eigenvalue weighted by Crippen LogP contribution is 2.30. The zero-order valence-electron chi connectivity index (χ0n) is 18.1. The van der Waals surface area contributed by atoms with Gasteiger partial charge < -0.3 is 9.84 Å². The van der Waals surface area contributed by atoms with Gasteiger partial charge in [-0.25, -0.2) is 4.98 Å². The topological polar surface area (TPSA) is 68.0 Å². The van der Waals surface area contributed by atoms with E-state index in [0.29, 0.717) is 10.7 Å². The molecule has 164 valence electrons. The van der Waals surface area contributed by atoms with Crippen LogP contribution >= 0.6 is 22.9 Å². The van der Waals surface area contributed by atoms with Gasteiger partial charge in [0.1, 0.15) is 10.7 Å². The standard InChI is InChI=1S/C26H20ClN3O2S/c1-15-11-16(2)25-21(12-15)22(30-32-25)13-24(31)28-20-9-5-17(6-10-20)23-14-33-26(29-23)18-3-7-19(27)8-4-18/h3-12,14H,13H2,1-2H3,(H,28,31). The zero-order chi connectivity index (χ0) is 22.9. The van der Waals surface area contributed by atoms with E-state index < -0.39 is 0 Å². The van der Waals surface area contributed by atoms with Gasteiger partial charge in [-0.15, -0.1) is 11.3 Å². The molecule has 0 bridgehead atoms. The first-order chi connectivity index (χ1) is 16.0. The number of aryl methyl sites for hydroxylation is 2. The van der Waals surface area contributed by atoms with Gasteiger partial charge in [0.2, 0.25) is 5.91 Å². The molecule has 0 aliphatic rings. The quantitative estimate of drug-likeness (QED) is 0.296. The average Bonchev–Trinajstić information content (AvgIpc) is 3.43. The van der Waals surface area contributed by atoms with Crippen molar-refractivity contribution in [3.05, 3.63) is 87.9 Å². The Morgan fingerprint density at radius 2 is 1.76 bits per heavy atom. The van der Waals surface area contributed by atoms with Crippen molar-refractivity contribution >= 4 is 45.5 Å². The number of hydrogen-bond acceptors (Lipinski definition) is 5. The summed E-state index contributed by atoms with van der Waals surface area (Å²) < 4.78 is 5.45. The van der Waals surface area contributed by atoms with Gasteiger partial charge in [0.15, 0.2) is 5.58 Å². The second-order valence-electron chi connectivity index (χ2n) is 7.93. The highest BCUT2D eigenvalue weighted by Gasteiger charge is 2.15. The number of nitrogens with one attached hydrogen (secondary N) is 1. The summed E-state index contributed by atoms with van der Waals surface area (Å²) in [5, 5.41) is 11.6. The van der Waals surface area contributed by atoms with Crippen LogP contribution in [0.1, 0.15) is 16.8 Å². The van der Waals surface area contributed by atoms with Crippen LogP contribution in [0.5, 0.6) is 0 Å². The molecule has 33 heavy (non-hydrogen) atoms. The van der Waals surface area contributed by atoms with E-state index in [1.54, 1.807) is 11.3 Å². The van der Waals surface area contributed by atoms with Crippen LogP contribution in [0.25, 0.3) is 32.8 Å². The Labute approximate surface area is 200 Å². The second-order valence-corrected chi connectivity index (χ2v) is 9.23. The number of thiazole rings is 1. The van der Waals surface area contributed by atoms with Gasteiger partial charge in [-0.1, -0.05) is 47.1 Å². The summed E-state index contributed by atoms with van der Waals surface area (Å²) in [5.74, 6) is -0.143. The van der Waals surface area contributed by atoms with Gasteiger partial charge in [-0.3, -0.25) is 4.79 Å². The Morgan fingerprint density at radius 3 is 2.52 bits per heavy atom. The molecule has 7 heteroatoms. The smallest absolute Gasteiger partial charge is 0.230 e. The lowest BCUT2D eigenvalue weighted by atomic mass is 10.1. The fourth-order valence-corrected chi connectivity index (χ4v) is 4.74. The van der Waals surface area contributed by atoms with Crippen LogP contribution in [0.15, 0.2) is 70.6 Å².